The van der Waals surface area contributed by atoms with Gasteiger partial charge in [0.1, 0.15) is 6.10 Å². The minimum absolute atomic E-state index is 0.184. The summed E-state index contributed by atoms with van der Waals surface area (Å²) in [6, 6.07) is 2.78. The molecule has 0 aliphatic carbocycles. The SMILES string of the molecule is O=C(OC1CSCSC1)c1cc([N+](=O)[O-])cc([N+](=O)[O-])c1. The van der Waals surface area contributed by atoms with E-state index >= 15 is 0 Å². The van der Waals surface area contributed by atoms with Crippen LogP contribution in [0.3, 0.4) is 0 Å². The summed E-state index contributed by atoms with van der Waals surface area (Å²) in [6.07, 6.45) is -0.292. The second-order valence-corrected chi connectivity index (χ2v) is 6.57. The van der Waals surface area contributed by atoms with Crippen LogP contribution < -0.4 is 0 Å². The second kappa shape index (κ2) is 6.76. The van der Waals surface area contributed by atoms with Crippen LogP contribution in [0.1, 0.15) is 10.4 Å². The minimum atomic E-state index is -0.782. The van der Waals surface area contributed by atoms with Crippen LogP contribution in [0.15, 0.2) is 18.2 Å². The largest absolute Gasteiger partial charge is 0.457 e. The molecule has 1 saturated heterocycles. The number of thioether (sulfide) groups is 2. The zero-order valence-corrected chi connectivity index (χ0v) is 12.2. The molecule has 0 bridgehead atoms. The number of esters is 1. The summed E-state index contributed by atoms with van der Waals surface area (Å²) in [5.74, 6) is 0.515. The molecule has 0 amide bonds. The van der Waals surface area contributed by atoms with Crippen molar-refractivity contribution in [2.75, 3.05) is 16.6 Å². The van der Waals surface area contributed by atoms with Gasteiger partial charge in [-0.15, -0.1) is 23.5 Å². The topological polar surface area (TPSA) is 113 Å². The summed E-state index contributed by atoms with van der Waals surface area (Å²) in [7, 11) is 0. The Morgan fingerprint density at radius 2 is 1.62 bits per heavy atom. The van der Waals surface area contributed by atoms with Crippen molar-refractivity contribution >= 4 is 40.9 Å². The lowest BCUT2D eigenvalue weighted by molar-refractivity contribution is -0.394. The fourth-order valence-corrected chi connectivity index (χ4v) is 3.97. The van der Waals surface area contributed by atoms with Gasteiger partial charge in [0.05, 0.1) is 21.5 Å². The van der Waals surface area contributed by atoms with Crippen molar-refractivity contribution in [2.45, 2.75) is 6.10 Å². The van der Waals surface area contributed by atoms with E-state index in [-0.39, 0.29) is 11.7 Å². The van der Waals surface area contributed by atoms with Crippen LogP contribution in [0, 0.1) is 20.2 Å². The van der Waals surface area contributed by atoms with Crippen LogP contribution in [-0.4, -0.2) is 38.5 Å². The average molecular weight is 330 g/mol. The number of non-ortho nitro benzene ring substituents is 2. The van der Waals surface area contributed by atoms with E-state index in [0.29, 0.717) is 11.5 Å². The van der Waals surface area contributed by atoms with Gasteiger partial charge >= 0.3 is 5.97 Å². The highest BCUT2D eigenvalue weighted by Gasteiger charge is 2.24. The smallest absolute Gasteiger partial charge is 0.338 e. The zero-order chi connectivity index (χ0) is 15.4. The Morgan fingerprint density at radius 1 is 1.10 bits per heavy atom. The predicted molar refractivity (Wildman–Crippen MR) is 78.7 cm³/mol. The molecule has 2 rings (SSSR count). The van der Waals surface area contributed by atoms with Gasteiger partial charge in [0.25, 0.3) is 11.4 Å². The van der Waals surface area contributed by atoms with Gasteiger partial charge < -0.3 is 4.74 Å². The molecule has 8 nitrogen and oxygen atoms in total. The molecule has 0 saturated carbocycles. The van der Waals surface area contributed by atoms with E-state index in [1.54, 1.807) is 23.5 Å². The van der Waals surface area contributed by atoms with Gasteiger partial charge in [-0.3, -0.25) is 20.2 Å². The van der Waals surface area contributed by atoms with Crippen molar-refractivity contribution < 1.29 is 19.4 Å². The molecular formula is C11H10N2O6S2. The molecule has 1 heterocycles. The molecule has 0 spiro atoms. The molecule has 21 heavy (non-hydrogen) atoms. The van der Waals surface area contributed by atoms with E-state index in [9.17, 15) is 25.0 Å². The summed E-state index contributed by atoms with van der Waals surface area (Å²) < 4.78 is 5.22. The second-order valence-electron chi connectivity index (χ2n) is 4.14. The molecular weight excluding hydrogens is 320 g/mol. The predicted octanol–water partition coefficient (Wildman–Crippen LogP) is 2.47. The van der Waals surface area contributed by atoms with Crippen LogP contribution in [0.25, 0.3) is 0 Å². The molecule has 10 heteroatoms. The monoisotopic (exact) mass is 330 g/mol. The Hall–Kier alpha value is -1.81. The first-order valence-corrected chi connectivity index (χ1v) is 8.08. The first-order chi connectivity index (χ1) is 9.97. The van der Waals surface area contributed by atoms with Crippen LogP contribution in [0.2, 0.25) is 0 Å². The molecule has 112 valence electrons. The lowest BCUT2D eigenvalue weighted by atomic mass is 10.2. The lowest BCUT2D eigenvalue weighted by Crippen LogP contribution is -2.25. The van der Waals surface area contributed by atoms with Gasteiger partial charge in [-0.05, 0) is 0 Å². The van der Waals surface area contributed by atoms with Crippen LogP contribution >= 0.6 is 23.5 Å². The van der Waals surface area contributed by atoms with Crippen molar-refractivity contribution in [3.8, 4) is 0 Å². The average Bonchev–Trinajstić information content (AvgIpc) is 2.47. The van der Waals surface area contributed by atoms with Gasteiger partial charge in [-0.25, -0.2) is 4.79 Å². The molecule has 1 aliphatic rings. The van der Waals surface area contributed by atoms with E-state index < -0.39 is 27.2 Å². The number of nitro benzene ring substituents is 2. The van der Waals surface area contributed by atoms with Crippen molar-refractivity contribution in [3.63, 3.8) is 0 Å². The summed E-state index contributed by atoms with van der Waals surface area (Å²) in [5, 5.41) is 22.5. The molecule has 0 aromatic heterocycles. The van der Waals surface area contributed by atoms with Crippen molar-refractivity contribution in [1.82, 2.24) is 0 Å². The van der Waals surface area contributed by atoms with Crippen molar-refractivity contribution in [2.24, 2.45) is 0 Å². The maximum atomic E-state index is 12.0. The molecule has 1 aromatic rings. The Balaban J connectivity index is 2.22. The maximum Gasteiger partial charge on any atom is 0.338 e. The first-order valence-electron chi connectivity index (χ1n) is 5.77. The van der Waals surface area contributed by atoms with E-state index in [4.69, 9.17) is 4.74 Å². The maximum absolute atomic E-state index is 12.0. The Labute approximate surface area is 127 Å². The third kappa shape index (κ3) is 4.08. The normalized spacial score (nSPS) is 15.4. The number of ether oxygens (including phenoxy) is 1. The number of carbonyl (C=O) groups excluding carboxylic acids is 1. The summed E-state index contributed by atoms with van der Waals surface area (Å²) in [5.41, 5.74) is -1.21. The van der Waals surface area contributed by atoms with Crippen LogP contribution in [0.4, 0.5) is 11.4 Å². The van der Waals surface area contributed by atoms with Crippen LogP contribution in [-0.2, 0) is 4.74 Å². The van der Waals surface area contributed by atoms with E-state index in [1.165, 1.54) is 0 Å². The third-order valence-electron chi connectivity index (χ3n) is 2.61. The van der Waals surface area contributed by atoms with Gasteiger partial charge in [0.2, 0.25) is 0 Å². The molecule has 0 radical (unpaired) electrons. The Morgan fingerprint density at radius 3 is 2.10 bits per heavy atom. The number of hydrogen-bond donors (Lipinski definition) is 0. The molecule has 1 aromatic carbocycles. The van der Waals surface area contributed by atoms with Gasteiger partial charge in [0.15, 0.2) is 0 Å². The minimum Gasteiger partial charge on any atom is -0.457 e. The van der Waals surface area contributed by atoms with Crippen molar-refractivity contribution in [1.29, 1.82) is 0 Å². The molecule has 1 fully saturated rings. The number of nitrogens with zero attached hydrogens (tertiary/aromatic N) is 2. The van der Waals surface area contributed by atoms with E-state index in [0.717, 1.165) is 23.3 Å². The Bertz CT molecular complexity index is 556. The summed E-state index contributed by atoms with van der Waals surface area (Å²) >= 11 is 3.25. The third-order valence-corrected chi connectivity index (χ3v) is 5.16. The number of benzene rings is 1. The number of hydrogen-bond acceptors (Lipinski definition) is 8. The number of carbonyl (C=O) groups is 1. The quantitative estimate of drug-likeness (QED) is 0.470. The zero-order valence-electron chi connectivity index (χ0n) is 10.6. The molecule has 0 unspecified atom stereocenters. The first kappa shape index (κ1) is 15.6. The summed E-state index contributed by atoms with van der Waals surface area (Å²) in [4.78, 5) is 31.9. The lowest BCUT2D eigenvalue weighted by Gasteiger charge is -2.21. The van der Waals surface area contributed by atoms with Gasteiger partial charge in [-0.2, -0.15) is 0 Å². The Kier molecular flexibility index (Phi) is 5.02. The molecule has 0 N–H and O–H groups in total. The van der Waals surface area contributed by atoms with Gasteiger partial charge in [-0.1, -0.05) is 0 Å². The van der Waals surface area contributed by atoms with Crippen molar-refractivity contribution in [3.05, 3.63) is 44.0 Å². The fraction of sp³-hybridized carbons (Fsp3) is 0.364. The number of rotatable bonds is 4. The number of nitro groups is 2. The fourth-order valence-electron chi connectivity index (χ4n) is 1.68. The van der Waals surface area contributed by atoms with E-state index in [1.807, 2.05) is 0 Å². The highest BCUT2D eigenvalue weighted by atomic mass is 32.2. The highest BCUT2D eigenvalue weighted by Crippen LogP contribution is 2.26. The summed E-state index contributed by atoms with van der Waals surface area (Å²) in [6.45, 7) is 0. The molecule has 0 atom stereocenters. The van der Waals surface area contributed by atoms with Gasteiger partial charge in [0, 0.05) is 28.7 Å². The standard InChI is InChI=1S/C11H10N2O6S2/c14-11(19-10-4-20-6-21-5-10)7-1-8(12(15)16)3-9(2-7)13(17)18/h1-3,10H,4-6H2. The molecule has 1 aliphatic heterocycles. The van der Waals surface area contributed by atoms with Crippen LogP contribution in [0.5, 0.6) is 0 Å². The highest BCUT2D eigenvalue weighted by molar-refractivity contribution is 8.16. The van der Waals surface area contributed by atoms with E-state index in [2.05, 4.69) is 0 Å².